The number of ether oxygens (including phenoxy) is 5. The van der Waals surface area contributed by atoms with Gasteiger partial charge in [-0.15, -0.1) is 13.2 Å². The Balaban J connectivity index is 3.01. The number of esters is 2. The van der Waals surface area contributed by atoms with Crippen LogP contribution in [0.15, 0.2) is 25.3 Å². The number of aliphatic hydroxyl groups is 1. The molecule has 0 bridgehead atoms. The standard InChI is InChI=1S/C16H24O8/c1-5-7-20-9-12-13(22-10(3)17)14(21-8-6-2)15(16(19)24-12)23-11(4)18/h5-6,12-16,19H,1-2,7-9H2,3-4H3/t12-,13+,14+,15-,16?/m1/s1. The van der Waals surface area contributed by atoms with Gasteiger partial charge in [-0.05, 0) is 0 Å². The first kappa shape index (κ1) is 20.3. The molecule has 1 saturated heterocycles. The van der Waals surface area contributed by atoms with Gasteiger partial charge < -0.3 is 28.8 Å². The molecule has 1 heterocycles. The second kappa shape index (κ2) is 10.2. The summed E-state index contributed by atoms with van der Waals surface area (Å²) in [6, 6.07) is 0. The topological polar surface area (TPSA) is 101 Å². The molecule has 1 aliphatic rings. The fraction of sp³-hybridized carbons (Fsp3) is 0.625. The summed E-state index contributed by atoms with van der Waals surface area (Å²) in [5, 5.41) is 10.1. The first-order valence-electron chi connectivity index (χ1n) is 7.49. The zero-order valence-corrected chi connectivity index (χ0v) is 13.9. The summed E-state index contributed by atoms with van der Waals surface area (Å²) in [4.78, 5) is 22.7. The first-order valence-corrected chi connectivity index (χ1v) is 7.49. The predicted octanol–water partition coefficient (Wildman–Crippen LogP) is 0.341. The fourth-order valence-corrected chi connectivity index (χ4v) is 2.32. The smallest absolute Gasteiger partial charge is 0.303 e. The summed E-state index contributed by atoms with van der Waals surface area (Å²) in [5.41, 5.74) is 0. The van der Waals surface area contributed by atoms with Gasteiger partial charge in [0.05, 0.1) is 19.8 Å². The van der Waals surface area contributed by atoms with Gasteiger partial charge in [-0.25, -0.2) is 0 Å². The van der Waals surface area contributed by atoms with Crippen LogP contribution in [-0.4, -0.2) is 67.6 Å². The molecule has 8 heteroatoms. The average molecular weight is 344 g/mol. The van der Waals surface area contributed by atoms with Crippen LogP contribution in [0.3, 0.4) is 0 Å². The van der Waals surface area contributed by atoms with Crippen LogP contribution in [0.1, 0.15) is 13.8 Å². The molecule has 1 aliphatic heterocycles. The second-order valence-electron chi connectivity index (χ2n) is 5.13. The van der Waals surface area contributed by atoms with E-state index in [2.05, 4.69) is 13.2 Å². The lowest BCUT2D eigenvalue weighted by atomic mass is 9.98. The summed E-state index contributed by atoms with van der Waals surface area (Å²) < 4.78 is 26.7. The zero-order chi connectivity index (χ0) is 18.1. The molecule has 0 aliphatic carbocycles. The minimum atomic E-state index is -1.45. The van der Waals surface area contributed by atoms with E-state index < -0.39 is 42.6 Å². The van der Waals surface area contributed by atoms with Gasteiger partial charge in [-0.2, -0.15) is 0 Å². The molecule has 1 rings (SSSR count). The van der Waals surface area contributed by atoms with Crippen molar-refractivity contribution in [1.82, 2.24) is 0 Å². The molecule has 0 aromatic carbocycles. The number of carbonyl (C=O) groups is 2. The maximum Gasteiger partial charge on any atom is 0.303 e. The van der Waals surface area contributed by atoms with Crippen molar-refractivity contribution in [2.45, 2.75) is 44.6 Å². The first-order chi connectivity index (χ1) is 11.4. The molecular weight excluding hydrogens is 320 g/mol. The Kier molecular flexibility index (Phi) is 8.62. The van der Waals surface area contributed by atoms with Crippen molar-refractivity contribution in [1.29, 1.82) is 0 Å². The number of hydrogen-bond acceptors (Lipinski definition) is 8. The molecule has 1 unspecified atom stereocenters. The maximum atomic E-state index is 11.4. The van der Waals surface area contributed by atoms with E-state index in [0.717, 1.165) is 0 Å². The molecule has 0 aromatic rings. The highest BCUT2D eigenvalue weighted by Gasteiger charge is 2.50. The largest absolute Gasteiger partial charge is 0.457 e. The van der Waals surface area contributed by atoms with Gasteiger partial charge in [-0.3, -0.25) is 9.59 Å². The van der Waals surface area contributed by atoms with Crippen LogP contribution < -0.4 is 0 Å². The van der Waals surface area contributed by atoms with E-state index in [0.29, 0.717) is 0 Å². The Morgan fingerprint density at radius 1 is 1.04 bits per heavy atom. The molecule has 0 aromatic heterocycles. The van der Waals surface area contributed by atoms with Crippen LogP contribution in [0.2, 0.25) is 0 Å². The molecule has 0 spiro atoms. The number of carbonyl (C=O) groups excluding carboxylic acids is 2. The molecule has 136 valence electrons. The van der Waals surface area contributed by atoms with Crippen LogP contribution in [0.5, 0.6) is 0 Å². The molecule has 0 radical (unpaired) electrons. The van der Waals surface area contributed by atoms with Crippen molar-refractivity contribution in [3.63, 3.8) is 0 Å². The quantitative estimate of drug-likeness (QED) is 0.363. The molecule has 24 heavy (non-hydrogen) atoms. The highest BCUT2D eigenvalue weighted by Crippen LogP contribution is 2.27. The van der Waals surface area contributed by atoms with Crippen LogP contribution in [-0.2, 0) is 33.3 Å². The summed E-state index contributed by atoms with van der Waals surface area (Å²) in [7, 11) is 0. The highest BCUT2D eigenvalue weighted by molar-refractivity contribution is 5.67. The number of rotatable bonds is 9. The van der Waals surface area contributed by atoms with E-state index in [1.54, 1.807) is 6.08 Å². The molecule has 5 atom stereocenters. The fourth-order valence-electron chi connectivity index (χ4n) is 2.32. The van der Waals surface area contributed by atoms with E-state index in [-0.39, 0.29) is 19.8 Å². The van der Waals surface area contributed by atoms with Crippen LogP contribution in [0, 0.1) is 0 Å². The Bertz CT molecular complexity index is 449. The Morgan fingerprint density at radius 2 is 1.62 bits per heavy atom. The number of aliphatic hydroxyl groups excluding tert-OH is 1. The van der Waals surface area contributed by atoms with E-state index in [1.165, 1.54) is 19.9 Å². The van der Waals surface area contributed by atoms with Gasteiger partial charge in [0.25, 0.3) is 0 Å². The van der Waals surface area contributed by atoms with Gasteiger partial charge >= 0.3 is 11.9 Å². The number of hydrogen-bond donors (Lipinski definition) is 1. The van der Waals surface area contributed by atoms with Gasteiger partial charge in [-0.1, -0.05) is 12.2 Å². The van der Waals surface area contributed by atoms with Gasteiger partial charge in [0.1, 0.15) is 12.2 Å². The normalized spacial score (nSPS) is 29.5. The van der Waals surface area contributed by atoms with Crippen LogP contribution in [0.4, 0.5) is 0 Å². The maximum absolute atomic E-state index is 11.4. The Labute approximate surface area is 141 Å². The summed E-state index contributed by atoms with van der Waals surface area (Å²) in [6.07, 6.45) is -2.23. The van der Waals surface area contributed by atoms with Crippen molar-refractivity contribution in [3.05, 3.63) is 25.3 Å². The molecule has 1 N–H and O–H groups in total. The van der Waals surface area contributed by atoms with Gasteiger partial charge in [0.15, 0.2) is 18.5 Å². The molecule has 1 fully saturated rings. The Morgan fingerprint density at radius 3 is 2.17 bits per heavy atom. The highest BCUT2D eigenvalue weighted by atomic mass is 16.7. The van der Waals surface area contributed by atoms with E-state index in [1.807, 2.05) is 0 Å². The van der Waals surface area contributed by atoms with Crippen molar-refractivity contribution < 1.29 is 38.4 Å². The van der Waals surface area contributed by atoms with Crippen molar-refractivity contribution in [3.8, 4) is 0 Å². The van der Waals surface area contributed by atoms with Crippen LogP contribution >= 0.6 is 0 Å². The third-order valence-electron chi connectivity index (χ3n) is 3.14. The lowest BCUT2D eigenvalue weighted by molar-refractivity contribution is -0.300. The van der Waals surface area contributed by atoms with Crippen molar-refractivity contribution >= 4 is 11.9 Å². The lowest BCUT2D eigenvalue weighted by Crippen LogP contribution is -2.62. The van der Waals surface area contributed by atoms with E-state index in [9.17, 15) is 14.7 Å². The molecular formula is C16H24O8. The molecule has 8 nitrogen and oxygen atoms in total. The minimum absolute atomic E-state index is 0.0295. The van der Waals surface area contributed by atoms with E-state index in [4.69, 9.17) is 23.7 Å². The summed E-state index contributed by atoms with van der Waals surface area (Å²) in [6.45, 7) is 9.90. The van der Waals surface area contributed by atoms with E-state index >= 15 is 0 Å². The van der Waals surface area contributed by atoms with Gasteiger partial charge in [0.2, 0.25) is 0 Å². The van der Waals surface area contributed by atoms with Crippen molar-refractivity contribution in [2.75, 3.05) is 19.8 Å². The summed E-state index contributed by atoms with van der Waals surface area (Å²) in [5.74, 6) is -1.19. The second-order valence-corrected chi connectivity index (χ2v) is 5.13. The predicted molar refractivity (Wildman–Crippen MR) is 82.9 cm³/mol. The zero-order valence-electron chi connectivity index (χ0n) is 13.9. The third-order valence-corrected chi connectivity index (χ3v) is 3.14. The van der Waals surface area contributed by atoms with Crippen molar-refractivity contribution in [2.24, 2.45) is 0 Å². The molecule has 0 amide bonds. The lowest BCUT2D eigenvalue weighted by Gasteiger charge is -2.43. The molecule has 0 saturated carbocycles. The minimum Gasteiger partial charge on any atom is -0.457 e. The summed E-state index contributed by atoms with van der Waals surface area (Å²) >= 11 is 0. The monoisotopic (exact) mass is 344 g/mol. The van der Waals surface area contributed by atoms with Crippen LogP contribution in [0.25, 0.3) is 0 Å². The average Bonchev–Trinajstić information content (AvgIpc) is 2.50. The third kappa shape index (κ3) is 6.04. The Hall–Kier alpha value is -1.74. The van der Waals surface area contributed by atoms with Gasteiger partial charge in [0, 0.05) is 13.8 Å². The SMILES string of the molecule is C=CCOC[C@H]1OC(O)[C@H](OC(C)=O)[C@@H](OCC=C)[C@H]1OC(C)=O.